The highest BCUT2D eigenvalue weighted by Crippen LogP contribution is 2.25. The van der Waals surface area contributed by atoms with Gasteiger partial charge in [-0.2, -0.15) is 0 Å². The standard InChI is InChI=1S/C17H18N4O5/c1-9(2)8-20-17(26)13(16(25)18-7-12(22)23)14(24)15-19-10-5-3-4-6-11(10)21(15)20/h3-6,9,24H,7-8H2,1-2H3,(H,18,25)(H,22,23). The van der Waals surface area contributed by atoms with Crippen molar-refractivity contribution in [1.82, 2.24) is 19.5 Å². The number of carbonyl (C=O) groups is 2. The van der Waals surface area contributed by atoms with Gasteiger partial charge in [0.15, 0.2) is 17.0 Å². The molecule has 1 amide bonds. The van der Waals surface area contributed by atoms with Gasteiger partial charge in [0.1, 0.15) is 6.54 Å². The number of nitrogens with one attached hydrogen (secondary N) is 1. The zero-order chi connectivity index (χ0) is 19.0. The molecule has 0 unspecified atom stereocenters. The topological polar surface area (TPSA) is 126 Å². The molecule has 26 heavy (non-hydrogen) atoms. The minimum Gasteiger partial charge on any atom is -0.504 e. The number of hydrogen-bond acceptors (Lipinski definition) is 5. The van der Waals surface area contributed by atoms with Gasteiger partial charge in [0, 0.05) is 6.54 Å². The lowest BCUT2D eigenvalue weighted by Gasteiger charge is -2.15. The molecule has 0 bridgehead atoms. The first-order chi connectivity index (χ1) is 12.3. The number of aliphatic carboxylic acids is 1. The Morgan fingerprint density at radius 1 is 1.27 bits per heavy atom. The van der Waals surface area contributed by atoms with Crippen LogP contribution in [-0.4, -0.2) is 42.8 Å². The third-order valence-corrected chi connectivity index (χ3v) is 3.84. The predicted molar refractivity (Wildman–Crippen MR) is 93.4 cm³/mol. The molecule has 0 atom stereocenters. The second-order valence-electron chi connectivity index (χ2n) is 6.32. The van der Waals surface area contributed by atoms with E-state index in [9.17, 15) is 19.5 Å². The number of benzene rings is 1. The first-order valence-corrected chi connectivity index (χ1v) is 8.04. The second-order valence-corrected chi connectivity index (χ2v) is 6.32. The van der Waals surface area contributed by atoms with Crippen LogP contribution in [0.4, 0.5) is 0 Å². The molecule has 0 spiro atoms. The van der Waals surface area contributed by atoms with Crippen LogP contribution in [0.25, 0.3) is 16.7 Å². The Morgan fingerprint density at radius 3 is 2.62 bits per heavy atom. The van der Waals surface area contributed by atoms with Crippen LogP contribution >= 0.6 is 0 Å². The summed E-state index contributed by atoms with van der Waals surface area (Å²) in [7, 11) is 0. The highest BCUT2D eigenvalue weighted by Gasteiger charge is 2.25. The van der Waals surface area contributed by atoms with Gasteiger partial charge in [-0.15, -0.1) is 0 Å². The summed E-state index contributed by atoms with van der Waals surface area (Å²) in [4.78, 5) is 40.2. The highest BCUT2D eigenvalue weighted by molar-refractivity contribution is 6.00. The van der Waals surface area contributed by atoms with Crippen molar-refractivity contribution >= 4 is 28.6 Å². The fourth-order valence-corrected chi connectivity index (χ4v) is 2.80. The van der Waals surface area contributed by atoms with Crippen LogP contribution in [-0.2, 0) is 11.3 Å². The Labute approximate surface area is 147 Å². The van der Waals surface area contributed by atoms with Gasteiger partial charge >= 0.3 is 5.97 Å². The first kappa shape index (κ1) is 17.5. The average Bonchev–Trinajstić information content (AvgIpc) is 2.96. The fourth-order valence-electron chi connectivity index (χ4n) is 2.80. The van der Waals surface area contributed by atoms with E-state index in [-0.39, 0.29) is 18.1 Å². The molecule has 1 aromatic carbocycles. The molecule has 3 rings (SSSR count). The highest BCUT2D eigenvalue weighted by atomic mass is 16.4. The summed E-state index contributed by atoms with van der Waals surface area (Å²) in [5, 5.41) is 21.3. The summed E-state index contributed by atoms with van der Waals surface area (Å²) in [6.45, 7) is 3.45. The monoisotopic (exact) mass is 358 g/mol. The smallest absolute Gasteiger partial charge is 0.322 e. The van der Waals surface area contributed by atoms with E-state index < -0.39 is 35.3 Å². The summed E-state index contributed by atoms with van der Waals surface area (Å²) in [5.41, 5.74) is 0.00668. The van der Waals surface area contributed by atoms with E-state index in [1.807, 2.05) is 13.8 Å². The van der Waals surface area contributed by atoms with Gasteiger partial charge in [0.2, 0.25) is 0 Å². The summed E-state index contributed by atoms with van der Waals surface area (Å²) >= 11 is 0. The number of para-hydroxylation sites is 2. The number of aromatic nitrogens is 3. The van der Waals surface area contributed by atoms with Crippen LogP contribution in [0.2, 0.25) is 0 Å². The van der Waals surface area contributed by atoms with Crippen LogP contribution in [0.1, 0.15) is 24.2 Å². The van der Waals surface area contributed by atoms with Crippen molar-refractivity contribution in [3.63, 3.8) is 0 Å². The van der Waals surface area contributed by atoms with Crippen LogP contribution in [0.5, 0.6) is 5.75 Å². The summed E-state index contributed by atoms with van der Waals surface area (Å²) in [6, 6.07) is 7.05. The molecule has 2 heterocycles. The van der Waals surface area contributed by atoms with Crippen LogP contribution in [0.15, 0.2) is 29.1 Å². The molecule has 9 heteroatoms. The van der Waals surface area contributed by atoms with E-state index in [1.54, 1.807) is 24.3 Å². The van der Waals surface area contributed by atoms with Crippen molar-refractivity contribution in [1.29, 1.82) is 0 Å². The predicted octanol–water partition coefficient (Wildman–Crippen LogP) is 0.825. The number of hydrogen-bond donors (Lipinski definition) is 3. The van der Waals surface area contributed by atoms with Crippen molar-refractivity contribution in [2.24, 2.45) is 5.92 Å². The minimum atomic E-state index is -1.26. The molecule has 0 saturated heterocycles. The van der Waals surface area contributed by atoms with E-state index in [2.05, 4.69) is 10.3 Å². The zero-order valence-corrected chi connectivity index (χ0v) is 14.3. The summed E-state index contributed by atoms with van der Waals surface area (Å²) < 4.78 is 2.83. The van der Waals surface area contributed by atoms with Crippen molar-refractivity contribution in [2.45, 2.75) is 20.4 Å². The minimum absolute atomic E-state index is 0.0620. The summed E-state index contributed by atoms with van der Waals surface area (Å²) in [5.74, 6) is -2.71. The Balaban J connectivity index is 2.33. The van der Waals surface area contributed by atoms with E-state index >= 15 is 0 Å². The Bertz CT molecular complexity index is 1080. The Morgan fingerprint density at radius 2 is 1.96 bits per heavy atom. The van der Waals surface area contributed by atoms with Gasteiger partial charge in [-0.25, -0.2) is 14.2 Å². The Kier molecular flexibility index (Phi) is 4.37. The largest absolute Gasteiger partial charge is 0.504 e. The second kappa shape index (κ2) is 6.51. The lowest BCUT2D eigenvalue weighted by molar-refractivity contribution is -0.135. The zero-order valence-electron chi connectivity index (χ0n) is 14.3. The number of amides is 1. The number of rotatable bonds is 5. The molecule has 0 saturated carbocycles. The van der Waals surface area contributed by atoms with Gasteiger partial charge in [-0.05, 0) is 18.1 Å². The quantitative estimate of drug-likeness (QED) is 0.620. The number of carboxylic acids is 1. The van der Waals surface area contributed by atoms with Crippen LogP contribution in [0.3, 0.4) is 0 Å². The number of imidazole rings is 1. The molecule has 136 valence electrons. The van der Waals surface area contributed by atoms with Gasteiger partial charge in [0.05, 0.1) is 11.0 Å². The maximum Gasteiger partial charge on any atom is 0.322 e. The molecule has 0 aliphatic heterocycles. The molecule has 9 nitrogen and oxygen atoms in total. The molecular weight excluding hydrogens is 340 g/mol. The SMILES string of the molecule is CC(C)Cn1c(=O)c(C(=O)NCC(=O)O)c(O)c2nc3ccccc3n21. The van der Waals surface area contributed by atoms with E-state index in [0.717, 1.165) is 0 Å². The molecule has 0 aliphatic rings. The lowest BCUT2D eigenvalue weighted by Crippen LogP contribution is -2.38. The van der Waals surface area contributed by atoms with Crippen molar-refractivity contribution < 1.29 is 19.8 Å². The van der Waals surface area contributed by atoms with Crippen molar-refractivity contribution in [3.05, 3.63) is 40.2 Å². The maximum absolute atomic E-state index is 12.9. The molecule has 0 radical (unpaired) electrons. The number of nitrogens with zero attached hydrogens (tertiary/aromatic N) is 3. The third kappa shape index (κ3) is 2.87. The van der Waals surface area contributed by atoms with Crippen molar-refractivity contribution in [2.75, 3.05) is 6.54 Å². The van der Waals surface area contributed by atoms with E-state index in [4.69, 9.17) is 5.11 Å². The van der Waals surface area contributed by atoms with Gasteiger partial charge < -0.3 is 15.5 Å². The fraction of sp³-hybridized carbons (Fsp3) is 0.294. The normalized spacial score (nSPS) is 11.3. The van der Waals surface area contributed by atoms with Crippen LogP contribution in [0, 0.1) is 5.92 Å². The Hall–Kier alpha value is -3.36. The average molecular weight is 358 g/mol. The van der Waals surface area contributed by atoms with Gasteiger partial charge in [0.25, 0.3) is 11.5 Å². The van der Waals surface area contributed by atoms with Crippen LogP contribution < -0.4 is 10.9 Å². The number of carboxylic acid groups (broad SMARTS) is 1. The third-order valence-electron chi connectivity index (χ3n) is 3.84. The molecular formula is C17H18N4O5. The lowest BCUT2D eigenvalue weighted by atomic mass is 10.2. The molecule has 2 aromatic heterocycles. The van der Waals surface area contributed by atoms with E-state index in [0.29, 0.717) is 11.0 Å². The molecule has 0 fully saturated rings. The summed E-state index contributed by atoms with van der Waals surface area (Å²) in [6.07, 6.45) is 0. The number of carbonyl (C=O) groups excluding carboxylic acids is 1. The van der Waals surface area contributed by atoms with Crippen molar-refractivity contribution in [3.8, 4) is 5.75 Å². The molecule has 3 aromatic rings. The maximum atomic E-state index is 12.9. The molecule has 3 N–H and O–H groups in total. The van der Waals surface area contributed by atoms with E-state index in [1.165, 1.54) is 9.20 Å². The van der Waals surface area contributed by atoms with Gasteiger partial charge in [-0.1, -0.05) is 26.0 Å². The molecule has 0 aliphatic carbocycles. The number of fused-ring (bicyclic) bond motifs is 3. The van der Waals surface area contributed by atoms with Gasteiger partial charge in [-0.3, -0.25) is 14.4 Å². The first-order valence-electron chi connectivity index (χ1n) is 8.04. The number of aromatic hydroxyl groups is 1.